The summed E-state index contributed by atoms with van der Waals surface area (Å²) in [4.78, 5) is 21.3. The van der Waals surface area contributed by atoms with Crippen molar-refractivity contribution in [1.82, 2.24) is 14.8 Å². The Morgan fingerprint density at radius 2 is 2.05 bits per heavy atom. The van der Waals surface area contributed by atoms with E-state index >= 15 is 0 Å². The molecule has 0 radical (unpaired) electrons. The van der Waals surface area contributed by atoms with Crippen LogP contribution in [0.3, 0.4) is 0 Å². The smallest absolute Gasteiger partial charge is 0.308 e. The molecule has 4 rings (SSSR count). The molecule has 2 heterocycles. The van der Waals surface area contributed by atoms with Crippen molar-refractivity contribution in [1.29, 1.82) is 0 Å². The second-order valence-electron chi connectivity index (χ2n) is 10.1. The number of aromatic nitrogens is 1. The van der Waals surface area contributed by atoms with Crippen LogP contribution in [0.1, 0.15) is 30.9 Å². The number of carbonyl (C=O) groups is 1. The van der Waals surface area contributed by atoms with Crippen molar-refractivity contribution in [2.75, 3.05) is 46.6 Å². The largest absolute Gasteiger partial charge is 0.497 e. The maximum atomic E-state index is 13.9. The van der Waals surface area contributed by atoms with E-state index < -0.39 is 23.5 Å². The standard InChI is InChI=1S/C29H35F2N3O3S/c1-33(2)27(22-10-12-32-26-8-6-21(37-3)17-23(22)26)9-4-19-11-13-34(18-24(19)29(35)36)14-15-38-28-16-20(30)5-7-25(28)31/h5-8,10,12,16-17,19,24,27H,4,9,11,13-15,18H2,1-3H3,(H,35,36)/t19-,24+,27-/m1/s1. The molecular weight excluding hydrogens is 508 g/mol. The number of carboxylic acid groups (broad SMARTS) is 1. The monoisotopic (exact) mass is 543 g/mol. The molecule has 204 valence electrons. The quantitative estimate of drug-likeness (QED) is 0.310. The van der Waals surface area contributed by atoms with E-state index in [0.717, 1.165) is 60.2 Å². The van der Waals surface area contributed by atoms with Crippen LogP contribution in [0, 0.1) is 23.5 Å². The van der Waals surface area contributed by atoms with Crippen LogP contribution >= 0.6 is 11.8 Å². The highest BCUT2D eigenvalue weighted by Gasteiger charge is 2.34. The number of hydrogen-bond acceptors (Lipinski definition) is 6. The topological polar surface area (TPSA) is 65.9 Å². The summed E-state index contributed by atoms with van der Waals surface area (Å²) in [7, 11) is 5.75. The van der Waals surface area contributed by atoms with Crippen LogP contribution < -0.4 is 4.74 Å². The fourth-order valence-corrected chi connectivity index (χ4v) is 6.37. The molecule has 2 aromatic carbocycles. The van der Waals surface area contributed by atoms with E-state index in [9.17, 15) is 18.7 Å². The lowest BCUT2D eigenvalue weighted by Gasteiger charge is -2.37. The van der Waals surface area contributed by atoms with Crippen LogP contribution in [0.15, 0.2) is 53.6 Å². The Kier molecular flexibility index (Phi) is 9.57. The number of aliphatic carboxylic acids is 1. The lowest BCUT2D eigenvalue weighted by atomic mass is 9.80. The van der Waals surface area contributed by atoms with Crippen molar-refractivity contribution < 1.29 is 23.4 Å². The normalized spacial score (nSPS) is 19.1. The number of fused-ring (bicyclic) bond motifs is 1. The second-order valence-corrected chi connectivity index (χ2v) is 11.2. The number of rotatable bonds is 11. The molecule has 3 aromatic rings. The van der Waals surface area contributed by atoms with Gasteiger partial charge in [-0.2, -0.15) is 0 Å². The van der Waals surface area contributed by atoms with Crippen molar-refractivity contribution in [2.24, 2.45) is 11.8 Å². The number of ether oxygens (including phenoxy) is 1. The fourth-order valence-electron chi connectivity index (χ4n) is 5.40. The Hall–Kier alpha value is -2.75. The Morgan fingerprint density at radius 1 is 1.24 bits per heavy atom. The van der Waals surface area contributed by atoms with E-state index in [1.807, 2.05) is 44.6 Å². The zero-order chi connectivity index (χ0) is 27.2. The summed E-state index contributed by atoms with van der Waals surface area (Å²) in [5.41, 5.74) is 2.06. The summed E-state index contributed by atoms with van der Waals surface area (Å²) in [6.45, 7) is 1.89. The minimum absolute atomic E-state index is 0.0714. The van der Waals surface area contributed by atoms with E-state index in [1.165, 1.54) is 17.8 Å². The van der Waals surface area contributed by atoms with Crippen LogP contribution in [-0.2, 0) is 4.79 Å². The first-order valence-electron chi connectivity index (χ1n) is 12.9. The van der Waals surface area contributed by atoms with E-state index in [2.05, 4.69) is 14.8 Å². The number of carboxylic acids is 1. The van der Waals surface area contributed by atoms with Crippen molar-refractivity contribution in [2.45, 2.75) is 30.2 Å². The molecule has 0 bridgehead atoms. The maximum absolute atomic E-state index is 13.9. The number of benzene rings is 2. The molecule has 1 saturated heterocycles. The van der Waals surface area contributed by atoms with E-state index in [4.69, 9.17) is 4.74 Å². The lowest BCUT2D eigenvalue weighted by Crippen LogP contribution is -2.44. The molecule has 1 aliphatic heterocycles. The molecule has 1 N–H and O–H groups in total. The highest BCUT2D eigenvalue weighted by Crippen LogP contribution is 2.36. The molecule has 0 unspecified atom stereocenters. The third kappa shape index (κ3) is 6.81. The van der Waals surface area contributed by atoms with Gasteiger partial charge in [-0.25, -0.2) is 8.78 Å². The Balaban J connectivity index is 1.39. The fraction of sp³-hybridized carbons (Fsp3) is 0.448. The average Bonchev–Trinajstić information content (AvgIpc) is 2.90. The Morgan fingerprint density at radius 3 is 2.79 bits per heavy atom. The maximum Gasteiger partial charge on any atom is 0.308 e. The van der Waals surface area contributed by atoms with Gasteiger partial charge in [0.25, 0.3) is 0 Å². The first-order valence-corrected chi connectivity index (χ1v) is 13.9. The van der Waals surface area contributed by atoms with Crippen LogP contribution in [-0.4, -0.2) is 72.5 Å². The number of nitrogens with zero attached hydrogens (tertiary/aromatic N) is 3. The molecule has 9 heteroatoms. The third-order valence-electron chi connectivity index (χ3n) is 7.49. The number of pyridine rings is 1. The van der Waals surface area contributed by atoms with Crippen LogP contribution in [0.5, 0.6) is 5.75 Å². The van der Waals surface area contributed by atoms with Gasteiger partial charge in [-0.3, -0.25) is 9.78 Å². The number of hydrogen-bond donors (Lipinski definition) is 1. The first kappa shape index (κ1) is 28.3. The van der Waals surface area contributed by atoms with Gasteiger partial charge in [-0.15, -0.1) is 11.8 Å². The van der Waals surface area contributed by atoms with E-state index in [0.29, 0.717) is 18.8 Å². The SMILES string of the molecule is COc1ccc2nccc([C@@H](CC[C@@H]3CCN(CCSc4cc(F)ccc4F)C[C@@H]3C(=O)O)N(C)C)c2c1. The summed E-state index contributed by atoms with van der Waals surface area (Å²) >= 11 is 1.26. The first-order chi connectivity index (χ1) is 18.3. The molecule has 0 aliphatic carbocycles. The summed E-state index contributed by atoms with van der Waals surface area (Å²) in [6.07, 6.45) is 4.24. The molecule has 0 spiro atoms. The molecule has 6 nitrogen and oxygen atoms in total. The molecule has 1 aliphatic rings. The zero-order valence-electron chi connectivity index (χ0n) is 22.1. The zero-order valence-corrected chi connectivity index (χ0v) is 22.9. The average molecular weight is 544 g/mol. The Bertz CT molecular complexity index is 1260. The van der Waals surface area contributed by atoms with Crippen molar-refractivity contribution in [3.63, 3.8) is 0 Å². The van der Waals surface area contributed by atoms with Crippen molar-refractivity contribution in [3.05, 3.63) is 65.9 Å². The van der Waals surface area contributed by atoms with Gasteiger partial charge in [0, 0.05) is 41.4 Å². The minimum atomic E-state index is -0.774. The number of methoxy groups -OCH3 is 1. The molecular formula is C29H35F2N3O3S. The van der Waals surface area contributed by atoms with Gasteiger partial charge in [-0.05, 0) is 93.8 Å². The van der Waals surface area contributed by atoms with Crippen LogP contribution in [0.2, 0.25) is 0 Å². The van der Waals surface area contributed by atoms with Crippen LogP contribution in [0.25, 0.3) is 10.9 Å². The molecule has 0 amide bonds. The predicted molar refractivity (Wildman–Crippen MR) is 147 cm³/mol. The highest BCUT2D eigenvalue weighted by atomic mass is 32.2. The molecule has 38 heavy (non-hydrogen) atoms. The Labute approximate surface area is 227 Å². The predicted octanol–water partition coefficient (Wildman–Crippen LogP) is 5.72. The summed E-state index contributed by atoms with van der Waals surface area (Å²) in [5.74, 6) is -0.715. The van der Waals surface area contributed by atoms with Crippen LogP contribution in [0.4, 0.5) is 8.78 Å². The molecule has 3 atom stereocenters. The second kappa shape index (κ2) is 12.9. The lowest BCUT2D eigenvalue weighted by molar-refractivity contribution is -0.146. The van der Waals surface area contributed by atoms with Gasteiger partial charge in [-0.1, -0.05) is 0 Å². The van der Waals surface area contributed by atoms with Gasteiger partial charge in [0.2, 0.25) is 0 Å². The van der Waals surface area contributed by atoms with Gasteiger partial charge in [0.1, 0.15) is 17.4 Å². The molecule has 1 aromatic heterocycles. The minimum Gasteiger partial charge on any atom is -0.497 e. The number of thioether (sulfide) groups is 1. The van der Waals surface area contributed by atoms with Gasteiger partial charge >= 0.3 is 5.97 Å². The molecule has 0 saturated carbocycles. The highest BCUT2D eigenvalue weighted by molar-refractivity contribution is 7.99. The third-order valence-corrected chi connectivity index (χ3v) is 8.50. The van der Waals surface area contributed by atoms with Crippen molar-refractivity contribution in [3.8, 4) is 5.75 Å². The van der Waals surface area contributed by atoms with Crippen molar-refractivity contribution >= 4 is 28.6 Å². The summed E-state index contributed by atoms with van der Waals surface area (Å²) < 4.78 is 32.8. The van der Waals surface area contributed by atoms with E-state index in [-0.39, 0.29) is 16.9 Å². The number of piperidine rings is 1. The summed E-state index contributed by atoms with van der Waals surface area (Å²) in [5, 5.41) is 11.1. The summed E-state index contributed by atoms with van der Waals surface area (Å²) in [6, 6.07) is 11.5. The van der Waals surface area contributed by atoms with Gasteiger partial charge in [0.05, 0.1) is 18.5 Å². The van der Waals surface area contributed by atoms with Gasteiger partial charge < -0.3 is 19.6 Å². The number of likely N-dealkylation sites (tertiary alicyclic amines) is 1. The van der Waals surface area contributed by atoms with Gasteiger partial charge in [0.15, 0.2) is 0 Å². The molecule has 1 fully saturated rings. The number of halogens is 2. The van der Waals surface area contributed by atoms with E-state index in [1.54, 1.807) is 7.11 Å².